The summed E-state index contributed by atoms with van der Waals surface area (Å²) in [6, 6.07) is 5.65. The molecule has 0 unspecified atom stereocenters. The highest BCUT2D eigenvalue weighted by Gasteiger charge is 2.08. The van der Waals surface area contributed by atoms with Crippen molar-refractivity contribution in [3.63, 3.8) is 0 Å². The third-order valence-electron chi connectivity index (χ3n) is 2.66. The molecule has 2 aromatic rings. The Hall–Kier alpha value is -2.10. The van der Waals surface area contributed by atoms with Crippen molar-refractivity contribution >= 4 is 0 Å². The Morgan fingerprint density at radius 1 is 1.25 bits per heavy atom. The standard InChI is InChI=1S/C12H13N3O/c1-8-7-11(9(2)15(13)12(8)16)10-3-5-14-6-4-10/h3-7H,13H2,1-2H3. The van der Waals surface area contributed by atoms with Crippen molar-refractivity contribution in [1.29, 1.82) is 0 Å². The molecule has 16 heavy (non-hydrogen) atoms. The minimum atomic E-state index is -0.157. The minimum absolute atomic E-state index is 0.157. The fourth-order valence-electron chi connectivity index (χ4n) is 1.68. The zero-order valence-electron chi connectivity index (χ0n) is 9.27. The average molecular weight is 215 g/mol. The van der Waals surface area contributed by atoms with Crippen LogP contribution in [0.15, 0.2) is 35.4 Å². The van der Waals surface area contributed by atoms with Crippen LogP contribution in [0.25, 0.3) is 11.1 Å². The van der Waals surface area contributed by atoms with Gasteiger partial charge in [0, 0.05) is 29.2 Å². The highest BCUT2D eigenvalue weighted by molar-refractivity contribution is 5.65. The number of hydrogen-bond donors (Lipinski definition) is 1. The van der Waals surface area contributed by atoms with Gasteiger partial charge in [-0.05, 0) is 37.6 Å². The second-order valence-corrected chi connectivity index (χ2v) is 3.74. The van der Waals surface area contributed by atoms with Gasteiger partial charge < -0.3 is 5.84 Å². The monoisotopic (exact) mass is 215 g/mol. The van der Waals surface area contributed by atoms with Gasteiger partial charge in [-0.2, -0.15) is 0 Å². The predicted octanol–water partition coefficient (Wildman–Crippen LogP) is 1.24. The molecule has 0 aliphatic carbocycles. The van der Waals surface area contributed by atoms with E-state index in [1.807, 2.05) is 25.1 Å². The fraction of sp³-hybridized carbons (Fsp3) is 0.167. The van der Waals surface area contributed by atoms with Crippen molar-refractivity contribution in [2.75, 3.05) is 5.84 Å². The van der Waals surface area contributed by atoms with E-state index in [9.17, 15) is 4.79 Å². The van der Waals surface area contributed by atoms with Gasteiger partial charge in [-0.1, -0.05) is 0 Å². The summed E-state index contributed by atoms with van der Waals surface area (Å²) in [7, 11) is 0. The Morgan fingerprint density at radius 3 is 2.50 bits per heavy atom. The summed E-state index contributed by atoms with van der Waals surface area (Å²) in [6.07, 6.45) is 3.44. The molecule has 0 spiro atoms. The van der Waals surface area contributed by atoms with Gasteiger partial charge in [0.05, 0.1) is 0 Å². The normalized spacial score (nSPS) is 10.4. The molecule has 4 heteroatoms. The second kappa shape index (κ2) is 3.81. The van der Waals surface area contributed by atoms with Crippen LogP contribution < -0.4 is 11.4 Å². The summed E-state index contributed by atoms with van der Waals surface area (Å²) >= 11 is 0. The summed E-state index contributed by atoms with van der Waals surface area (Å²) in [5, 5.41) is 0. The minimum Gasteiger partial charge on any atom is -0.336 e. The molecule has 2 heterocycles. The van der Waals surface area contributed by atoms with Crippen LogP contribution in [0.2, 0.25) is 0 Å². The molecule has 2 aromatic heterocycles. The maximum absolute atomic E-state index is 11.6. The topological polar surface area (TPSA) is 60.9 Å². The Morgan fingerprint density at radius 2 is 1.88 bits per heavy atom. The van der Waals surface area contributed by atoms with Crippen molar-refractivity contribution < 1.29 is 0 Å². The van der Waals surface area contributed by atoms with E-state index in [1.165, 1.54) is 4.68 Å². The lowest BCUT2D eigenvalue weighted by molar-refractivity contribution is 0.876. The molecule has 0 aromatic carbocycles. The van der Waals surface area contributed by atoms with Crippen LogP contribution in [0.4, 0.5) is 0 Å². The SMILES string of the molecule is Cc1cc(-c2ccncc2)c(C)n(N)c1=O. The van der Waals surface area contributed by atoms with Crippen LogP contribution in [0.1, 0.15) is 11.3 Å². The molecule has 0 fully saturated rings. The summed E-state index contributed by atoms with van der Waals surface area (Å²) < 4.78 is 1.19. The number of pyridine rings is 2. The molecule has 4 nitrogen and oxygen atoms in total. The largest absolute Gasteiger partial charge is 0.336 e. The molecule has 0 aliphatic rings. The summed E-state index contributed by atoms with van der Waals surface area (Å²) in [6.45, 7) is 3.59. The van der Waals surface area contributed by atoms with Gasteiger partial charge in [-0.3, -0.25) is 9.78 Å². The predicted molar refractivity (Wildman–Crippen MR) is 63.6 cm³/mol. The number of aryl methyl sites for hydroxylation is 1. The summed E-state index contributed by atoms with van der Waals surface area (Å²) in [5.74, 6) is 5.71. The fourth-order valence-corrected chi connectivity index (χ4v) is 1.68. The maximum Gasteiger partial charge on any atom is 0.271 e. The van der Waals surface area contributed by atoms with E-state index in [1.54, 1.807) is 19.3 Å². The third-order valence-corrected chi connectivity index (χ3v) is 2.66. The molecule has 0 aliphatic heterocycles. The van der Waals surface area contributed by atoms with Gasteiger partial charge in [0.25, 0.3) is 5.56 Å². The van der Waals surface area contributed by atoms with Crippen LogP contribution in [0.3, 0.4) is 0 Å². The van der Waals surface area contributed by atoms with Crippen molar-refractivity contribution in [2.24, 2.45) is 0 Å². The third kappa shape index (κ3) is 1.58. The van der Waals surface area contributed by atoms with Crippen LogP contribution >= 0.6 is 0 Å². The molecular weight excluding hydrogens is 202 g/mol. The van der Waals surface area contributed by atoms with Crippen molar-refractivity contribution in [3.05, 3.63) is 52.2 Å². The molecule has 0 amide bonds. The molecule has 0 atom stereocenters. The van der Waals surface area contributed by atoms with Crippen LogP contribution in [0.5, 0.6) is 0 Å². The van der Waals surface area contributed by atoms with Crippen molar-refractivity contribution in [1.82, 2.24) is 9.66 Å². The second-order valence-electron chi connectivity index (χ2n) is 3.74. The first kappa shape index (κ1) is 10.4. The van der Waals surface area contributed by atoms with Gasteiger partial charge in [0.1, 0.15) is 0 Å². The molecule has 82 valence electrons. The van der Waals surface area contributed by atoms with Crippen molar-refractivity contribution in [2.45, 2.75) is 13.8 Å². The van der Waals surface area contributed by atoms with E-state index in [0.717, 1.165) is 16.8 Å². The number of hydrogen-bond acceptors (Lipinski definition) is 3. The first-order chi connectivity index (χ1) is 7.61. The Kier molecular flexibility index (Phi) is 2.48. The lowest BCUT2D eigenvalue weighted by atomic mass is 10.0. The molecule has 2 rings (SSSR count). The molecule has 0 bridgehead atoms. The Bertz CT molecular complexity index is 573. The quantitative estimate of drug-likeness (QED) is 0.728. The van der Waals surface area contributed by atoms with Gasteiger partial charge >= 0.3 is 0 Å². The first-order valence-electron chi connectivity index (χ1n) is 5.00. The van der Waals surface area contributed by atoms with E-state index in [2.05, 4.69) is 4.98 Å². The Labute approximate surface area is 93.3 Å². The first-order valence-corrected chi connectivity index (χ1v) is 5.00. The molecular formula is C12H13N3O. The van der Waals surface area contributed by atoms with Crippen LogP contribution in [-0.4, -0.2) is 9.66 Å². The highest BCUT2D eigenvalue weighted by Crippen LogP contribution is 2.21. The number of nitrogens with zero attached hydrogens (tertiary/aromatic N) is 2. The Balaban J connectivity index is 2.73. The summed E-state index contributed by atoms with van der Waals surface area (Å²) in [4.78, 5) is 15.6. The number of rotatable bonds is 1. The van der Waals surface area contributed by atoms with Gasteiger partial charge in [0.15, 0.2) is 0 Å². The number of nitrogens with two attached hydrogens (primary N) is 1. The number of aromatic nitrogens is 2. The van der Waals surface area contributed by atoms with Gasteiger partial charge in [-0.25, -0.2) is 4.68 Å². The molecule has 2 N–H and O–H groups in total. The van der Waals surface area contributed by atoms with Gasteiger partial charge in [0.2, 0.25) is 0 Å². The zero-order chi connectivity index (χ0) is 11.7. The van der Waals surface area contributed by atoms with Crippen LogP contribution in [-0.2, 0) is 0 Å². The molecule has 0 radical (unpaired) electrons. The maximum atomic E-state index is 11.6. The smallest absolute Gasteiger partial charge is 0.271 e. The van der Waals surface area contributed by atoms with Gasteiger partial charge in [-0.15, -0.1) is 0 Å². The van der Waals surface area contributed by atoms with E-state index in [4.69, 9.17) is 5.84 Å². The van der Waals surface area contributed by atoms with Crippen molar-refractivity contribution in [3.8, 4) is 11.1 Å². The molecule has 0 saturated heterocycles. The average Bonchev–Trinajstić information content (AvgIpc) is 2.32. The van der Waals surface area contributed by atoms with E-state index in [-0.39, 0.29) is 5.56 Å². The summed E-state index contributed by atoms with van der Waals surface area (Å²) in [5.41, 5.74) is 3.20. The lowest BCUT2D eigenvalue weighted by Crippen LogP contribution is -2.31. The van der Waals surface area contributed by atoms with E-state index >= 15 is 0 Å². The van der Waals surface area contributed by atoms with Crippen LogP contribution in [0, 0.1) is 13.8 Å². The molecule has 0 saturated carbocycles. The van der Waals surface area contributed by atoms with E-state index < -0.39 is 0 Å². The highest BCUT2D eigenvalue weighted by atomic mass is 16.1. The lowest BCUT2D eigenvalue weighted by Gasteiger charge is -2.11. The van der Waals surface area contributed by atoms with E-state index in [0.29, 0.717) is 5.56 Å². The zero-order valence-corrected chi connectivity index (χ0v) is 9.27. The number of nitrogen functional groups attached to an aromatic ring is 1.